The van der Waals surface area contributed by atoms with Crippen LogP contribution in [0.3, 0.4) is 0 Å². The Kier molecular flexibility index (Phi) is 11.6. The van der Waals surface area contributed by atoms with Crippen molar-refractivity contribution in [2.24, 2.45) is 0 Å². The molecule has 0 aliphatic rings. The number of rotatable bonds is 16. The van der Waals surface area contributed by atoms with Crippen molar-refractivity contribution in [3.63, 3.8) is 0 Å². The summed E-state index contributed by atoms with van der Waals surface area (Å²) in [5.74, 6) is 0. The van der Waals surface area contributed by atoms with E-state index in [2.05, 4.69) is 6.92 Å². The number of benzene rings is 1. The number of aromatic nitrogens is 1. The molecule has 0 unspecified atom stereocenters. The molecular formula is C26H41NO2. The van der Waals surface area contributed by atoms with Gasteiger partial charge in [0.05, 0.1) is 11.2 Å². The van der Waals surface area contributed by atoms with Crippen molar-refractivity contribution in [2.75, 3.05) is 0 Å². The lowest BCUT2D eigenvalue weighted by molar-refractivity contribution is 0.187. The Morgan fingerprint density at radius 2 is 1.21 bits per heavy atom. The predicted octanol–water partition coefficient (Wildman–Crippen LogP) is 7.65. The van der Waals surface area contributed by atoms with Gasteiger partial charge in [0.2, 0.25) is 0 Å². The van der Waals surface area contributed by atoms with Gasteiger partial charge in [0, 0.05) is 11.5 Å². The van der Waals surface area contributed by atoms with Gasteiger partial charge in [-0.25, -0.2) is 0 Å². The van der Waals surface area contributed by atoms with Gasteiger partial charge >= 0.3 is 0 Å². The number of unbranched alkanes of at least 4 members (excludes halogenated alkanes) is 14. The van der Waals surface area contributed by atoms with Crippen LogP contribution in [0.2, 0.25) is 0 Å². The molecule has 0 bridgehead atoms. The maximum Gasteiger partial charge on any atom is 0.189 e. The van der Waals surface area contributed by atoms with Gasteiger partial charge in [-0.2, -0.15) is 4.73 Å². The third-order valence-corrected chi connectivity index (χ3v) is 6.00. The van der Waals surface area contributed by atoms with E-state index in [1.54, 1.807) is 18.2 Å². The maximum atomic E-state index is 12.2. The first kappa shape index (κ1) is 23.5. The third-order valence-electron chi connectivity index (χ3n) is 6.00. The summed E-state index contributed by atoms with van der Waals surface area (Å²) in [4.78, 5) is 12.2. The van der Waals surface area contributed by atoms with E-state index in [0.29, 0.717) is 10.9 Å². The summed E-state index contributed by atoms with van der Waals surface area (Å²) in [6.07, 6.45) is 20.9. The van der Waals surface area contributed by atoms with E-state index in [4.69, 9.17) is 0 Å². The molecule has 3 heteroatoms. The summed E-state index contributed by atoms with van der Waals surface area (Å²) in [5, 5.41) is 10.9. The van der Waals surface area contributed by atoms with Crippen molar-refractivity contribution in [3.05, 3.63) is 46.2 Å². The van der Waals surface area contributed by atoms with Crippen molar-refractivity contribution < 1.29 is 5.21 Å². The topological polar surface area (TPSA) is 42.2 Å². The first-order chi connectivity index (χ1) is 14.2. The smallest absolute Gasteiger partial charge is 0.189 e. The largest absolute Gasteiger partial charge is 0.428 e. The highest BCUT2D eigenvalue weighted by atomic mass is 16.5. The molecule has 0 aliphatic carbocycles. The maximum absolute atomic E-state index is 12.2. The molecule has 162 valence electrons. The lowest BCUT2D eigenvalue weighted by atomic mass is 10.0. The highest BCUT2D eigenvalue weighted by molar-refractivity contribution is 5.78. The molecule has 3 nitrogen and oxygen atoms in total. The lowest BCUT2D eigenvalue weighted by Crippen LogP contribution is -2.12. The van der Waals surface area contributed by atoms with E-state index >= 15 is 0 Å². The van der Waals surface area contributed by atoms with Crippen LogP contribution >= 0.6 is 0 Å². The van der Waals surface area contributed by atoms with Crippen molar-refractivity contribution in [2.45, 2.75) is 110 Å². The van der Waals surface area contributed by atoms with Crippen LogP contribution in [0, 0.1) is 0 Å². The monoisotopic (exact) mass is 399 g/mol. The molecule has 1 aromatic heterocycles. The van der Waals surface area contributed by atoms with Crippen molar-refractivity contribution >= 4 is 10.9 Å². The molecular weight excluding hydrogens is 358 g/mol. The summed E-state index contributed by atoms with van der Waals surface area (Å²) in [5.41, 5.74) is 1.33. The van der Waals surface area contributed by atoms with Gasteiger partial charge in [-0.3, -0.25) is 4.79 Å². The Hall–Kier alpha value is -1.77. The van der Waals surface area contributed by atoms with Crippen LogP contribution in [0.15, 0.2) is 35.1 Å². The quantitative estimate of drug-likeness (QED) is 0.232. The Morgan fingerprint density at radius 3 is 1.76 bits per heavy atom. The number of hydrogen-bond acceptors (Lipinski definition) is 2. The predicted molar refractivity (Wildman–Crippen MR) is 124 cm³/mol. The lowest BCUT2D eigenvalue weighted by Gasteiger charge is -2.10. The molecule has 1 heterocycles. The first-order valence-corrected chi connectivity index (χ1v) is 12.1. The van der Waals surface area contributed by atoms with Crippen molar-refractivity contribution in [3.8, 4) is 0 Å². The average Bonchev–Trinajstić information content (AvgIpc) is 2.74. The number of nitrogens with zero attached hydrogens (tertiary/aromatic N) is 1. The Balaban J connectivity index is 1.48. The van der Waals surface area contributed by atoms with Crippen molar-refractivity contribution in [1.29, 1.82) is 0 Å². The van der Waals surface area contributed by atoms with Crippen LogP contribution in [0.25, 0.3) is 10.9 Å². The Bertz CT molecular complexity index is 750. The van der Waals surface area contributed by atoms with Crippen LogP contribution in [0.5, 0.6) is 0 Å². The minimum Gasteiger partial charge on any atom is -0.428 e. The number of hydrogen-bond donors (Lipinski definition) is 1. The minimum absolute atomic E-state index is 0.00172. The summed E-state index contributed by atoms with van der Waals surface area (Å²) >= 11 is 0. The fourth-order valence-corrected chi connectivity index (χ4v) is 4.17. The molecule has 29 heavy (non-hydrogen) atoms. The Morgan fingerprint density at radius 1 is 0.724 bits per heavy atom. The van der Waals surface area contributed by atoms with E-state index in [1.807, 2.05) is 12.1 Å². The van der Waals surface area contributed by atoms with Gasteiger partial charge in [-0.1, -0.05) is 109 Å². The fraction of sp³-hybridized carbons (Fsp3) is 0.654. The first-order valence-electron chi connectivity index (χ1n) is 12.1. The fourth-order valence-electron chi connectivity index (χ4n) is 4.17. The number of aryl methyl sites for hydroxylation is 1. The molecule has 0 amide bonds. The number of para-hydroxylation sites is 1. The van der Waals surface area contributed by atoms with Crippen LogP contribution in [0.1, 0.15) is 109 Å². The van der Waals surface area contributed by atoms with Gasteiger partial charge in [-0.15, -0.1) is 0 Å². The van der Waals surface area contributed by atoms with Gasteiger partial charge in [0.25, 0.3) is 0 Å². The summed E-state index contributed by atoms with van der Waals surface area (Å²) < 4.78 is 1.19. The number of fused-ring (bicyclic) bond motifs is 1. The third kappa shape index (κ3) is 8.64. The average molecular weight is 400 g/mol. The standard InChI is InChI=1S/C26H41NO2/c1-2-3-4-5-6-7-8-9-10-11-12-13-14-15-16-19-23-22-26(28)24-20-17-18-21-25(24)27(23)29/h17-18,20-22,29H,2-16,19H2,1H3. The highest BCUT2D eigenvalue weighted by Crippen LogP contribution is 2.15. The SMILES string of the molecule is CCCCCCCCCCCCCCCCCc1cc(=O)c2ccccc2n1O. The summed E-state index contributed by atoms with van der Waals surface area (Å²) in [6.45, 7) is 2.28. The molecule has 2 rings (SSSR count). The van der Waals surface area contributed by atoms with Crippen LogP contribution in [-0.4, -0.2) is 9.94 Å². The van der Waals surface area contributed by atoms with E-state index in [9.17, 15) is 10.0 Å². The van der Waals surface area contributed by atoms with Crippen LogP contribution in [-0.2, 0) is 6.42 Å². The zero-order valence-corrected chi connectivity index (χ0v) is 18.5. The summed E-state index contributed by atoms with van der Waals surface area (Å²) in [7, 11) is 0. The van der Waals surface area contributed by atoms with Gasteiger partial charge in [0.1, 0.15) is 0 Å². The van der Waals surface area contributed by atoms with Gasteiger partial charge < -0.3 is 5.21 Å². The highest BCUT2D eigenvalue weighted by Gasteiger charge is 2.07. The van der Waals surface area contributed by atoms with Crippen LogP contribution in [0.4, 0.5) is 0 Å². The molecule has 0 aliphatic heterocycles. The zero-order valence-electron chi connectivity index (χ0n) is 18.5. The zero-order chi connectivity index (χ0) is 20.7. The van der Waals surface area contributed by atoms with E-state index in [1.165, 1.54) is 94.6 Å². The second-order valence-electron chi connectivity index (χ2n) is 8.53. The summed E-state index contributed by atoms with van der Waals surface area (Å²) in [6, 6.07) is 8.84. The van der Waals surface area contributed by atoms with E-state index < -0.39 is 0 Å². The molecule has 0 fully saturated rings. The molecule has 1 aromatic carbocycles. The Labute approximate surface area is 177 Å². The normalized spacial score (nSPS) is 11.3. The minimum atomic E-state index is 0.00172. The molecule has 0 radical (unpaired) electrons. The molecule has 1 N–H and O–H groups in total. The van der Waals surface area contributed by atoms with Gasteiger partial charge in [0.15, 0.2) is 5.43 Å². The van der Waals surface area contributed by atoms with E-state index in [0.717, 1.165) is 18.5 Å². The second-order valence-corrected chi connectivity index (χ2v) is 8.53. The molecule has 2 aromatic rings. The van der Waals surface area contributed by atoms with E-state index in [-0.39, 0.29) is 5.43 Å². The molecule has 0 spiro atoms. The molecule has 0 saturated carbocycles. The molecule has 0 atom stereocenters. The van der Waals surface area contributed by atoms with Gasteiger partial charge in [-0.05, 0) is 25.0 Å². The van der Waals surface area contributed by atoms with Crippen LogP contribution < -0.4 is 5.43 Å². The number of pyridine rings is 1. The van der Waals surface area contributed by atoms with Crippen molar-refractivity contribution in [1.82, 2.24) is 4.73 Å². The molecule has 0 saturated heterocycles. The second kappa shape index (κ2) is 14.3.